The van der Waals surface area contributed by atoms with Gasteiger partial charge in [0, 0.05) is 49.5 Å². The Morgan fingerprint density at radius 2 is 1.71 bits per heavy atom. The van der Waals surface area contributed by atoms with Crippen LogP contribution in [0.25, 0.3) is 0 Å². The average Bonchev–Trinajstić information content (AvgIpc) is 3.08. The van der Waals surface area contributed by atoms with Gasteiger partial charge in [0.15, 0.2) is 11.6 Å². The van der Waals surface area contributed by atoms with E-state index in [2.05, 4.69) is 5.10 Å². The Morgan fingerprint density at radius 1 is 0.968 bits per heavy atom. The van der Waals surface area contributed by atoms with Gasteiger partial charge in [-0.2, -0.15) is 5.10 Å². The molecule has 0 radical (unpaired) electrons. The standard InChI is InChI=1S/C24H26F2N4O/c1-17-13-18(2)30(27-17)15-19-5-3-6-20(14-19)24(31)29-11-9-28(10-12-29)16-21-7-4-8-22(25)23(21)26/h3-8,13-14H,9-12,15-16H2,1-2H3. The lowest BCUT2D eigenvalue weighted by Crippen LogP contribution is -2.48. The number of aryl methyl sites for hydroxylation is 2. The molecule has 2 heterocycles. The predicted octanol–water partition coefficient (Wildman–Crippen LogP) is 3.78. The Morgan fingerprint density at radius 3 is 2.42 bits per heavy atom. The molecule has 1 fully saturated rings. The summed E-state index contributed by atoms with van der Waals surface area (Å²) in [5.41, 5.74) is 4.08. The summed E-state index contributed by atoms with van der Waals surface area (Å²) in [5, 5.41) is 4.49. The van der Waals surface area contributed by atoms with E-state index in [1.54, 1.807) is 6.07 Å². The SMILES string of the molecule is Cc1cc(C)n(Cc2cccc(C(=O)N3CCN(Cc4cccc(F)c4F)CC3)c2)n1. The monoisotopic (exact) mass is 424 g/mol. The number of rotatable bonds is 5. The summed E-state index contributed by atoms with van der Waals surface area (Å²) in [4.78, 5) is 16.9. The molecule has 0 aliphatic carbocycles. The van der Waals surface area contributed by atoms with Crippen LogP contribution in [0.15, 0.2) is 48.5 Å². The van der Waals surface area contributed by atoms with E-state index in [9.17, 15) is 13.6 Å². The molecular weight excluding hydrogens is 398 g/mol. The summed E-state index contributed by atoms with van der Waals surface area (Å²) in [6, 6.07) is 13.9. The van der Waals surface area contributed by atoms with E-state index < -0.39 is 11.6 Å². The van der Waals surface area contributed by atoms with Crippen LogP contribution in [0, 0.1) is 25.5 Å². The number of hydrogen-bond donors (Lipinski definition) is 0. The molecule has 1 aliphatic heterocycles. The number of amides is 1. The third-order valence-corrected chi connectivity index (χ3v) is 5.69. The van der Waals surface area contributed by atoms with Gasteiger partial charge in [0.25, 0.3) is 5.91 Å². The van der Waals surface area contributed by atoms with Crippen LogP contribution in [-0.2, 0) is 13.1 Å². The van der Waals surface area contributed by atoms with Gasteiger partial charge in [0.2, 0.25) is 0 Å². The largest absolute Gasteiger partial charge is 0.336 e. The minimum atomic E-state index is -0.827. The molecule has 4 rings (SSSR count). The molecule has 0 spiro atoms. The fraction of sp³-hybridized carbons (Fsp3) is 0.333. The van der Waals surface area contributed by atoms with Gasteiger partial charge in [-0.05, 0) is 43.7 Å². The second-order valence-corrected chi connectivity index (χ2v) is 8.07. The van der Waals surface area contributed by atoms with Gasteiger partial charge in [0.1, 0.15) is 0 Å². The van der Waals surface area contributed by atoms with E-state index >= 15 is 0 Å². The third kappa shape index (κ3) is 4.82. The lowest BCUT2D eigenvalue weighted by Gasteiger charge is -2.35. The molecule has 0 bridgehead atoms. The smallest absolute Gasteiger partial charge is 0.253 e. The Hall–Kier alpha value is -3.06. The van der Waals surface area contributed by atoms with Crippen LogP contribution < -0.4 is 0 Å². The van der Waals surface area contributed by atoms with Gasteiger partial charge >= 0.3 is 0 Å². The van der Waals surface area contributed by atoms with Crippen molar-refractivity contribution in [2.75, 3.05) is 26.2 Å². The lowest BCUT2D eigenvalue weighted by molar-refractivity contribution is 0.0626. The van der Waals surface area contributed by atoms with Crippen molar-refractivity contribution >= 4 is 5.91 Å². The maximum absolute atomic E-state index is 13.9. The van der Waals surface area contributed by atoms with Crippen molar-refractivity contribution in [1.82, 2.24) is 19.6 Å². The van der Waals surface area contributed by atoms with Crippen molar-refractivity contribution in [3.63, 3.8) is 0 Å². The van der Waals surface area contributed by atoms with Crippen LogP contribution >= 0.6 is 0 Å². The van der Waals surface area contributed by atoms with E-state index in [0.29, 0.717) is 50.4 Å². The van der Waals surface area contributed by atoms with Crippen molar-refractivity contribution in [2.24, 2.45) is 0 Å². The van der Waals surface area contributed by atoms with Crippen LogP contribution in [0.4, 0.5) is 8.78 Å². The molecule has 5 nitrogen and oxygen atoms in total. The molecule has 0 atom stereocenters. The first-order valence-electron chi connectivity index (χ1n) is 10.5. The number of carbonyl (C=O) groups excluding carboxylic acids is 1. The van der Waals surface area contributed by atoms with Crippen LogP contribution in [0.5, 0.6) is 0 Å². The van der Waals surface area contributed by atoms with E-state index in [-0.39, 0.29) is 5.91 Å². The molecule has 0 N–H and O–H groups in total. The average molecular weight is 424 g/mol. The van der Waals surface area contributed by atoms with Crippen molar-refractivity contribution in [2.45, 2.75) is 26.9 Å². The van der Waals surface area contributed by atoms with Crippen molar-refractivity contribution in [3.8, 4) is 0 Å². The molecule has 3 aromatic rings. The lowest BCUT2D eigenvalue weighted by atomic mass is 10.1. The molecule has 0 saturated carbocycles. The van der Waals surface area contributed by atoms with Crippen LogP contribution in [0.3, 0.4) is 0 Å². The third-order valence-electron chi connectivity index (χ3n) is 5.69. The molecule has 7 heteroatoms. The second kappa shape index (κ2) is 8.98. The summed E-state index contributed by atoms with van der Waals surface area (Å²) in [6.45, 7) is 7.28. The normalized spacial score (nSPS) is 14.8. The Balaban J connectivity index is 1.37. The van der Waals surface area contributed by atoms with Gasteiger partial charge in [-0.15, -0.1) is 0 Å². The predicted molar refractivity (Wildman–Crippen MR) is 115 cm³/mol. The van der Waals surface area contributed by atoms with Gasteiger partial charge in [0.05, 0.1) is 12.2 Å². The Bertz CT molecular complexity index is 1090. The number of piperazine rings is 1. The number of carbonyl (C=O) groups is 1. The summed E-state index contributed by atoms with van der Waals surface area (Å²) >= 11 is 0. The molecule has 2 aromatic carbocycles. The molecule has 162 valence electrons. The first-order valence-corrected chi connectivity index (χ1v) is 10.5. The molecule has 1 saturated heterocycles. The fourth-order valence-corrected chi connectivity index (χ4v) is 4.01. The maximum atomic E-state index is 13.9. The highest BCUT2D eigenvalue weighted by Crippen LogP contribution is 2.17. The van der Waals surface area contributed by atoms with Gasteiger partial charge in [-0.1, -0.05) is 24.3 Å². The molecular formula is C24H26F2N4O. The number of benzene rings is 2. The maximum Gasteiger partial charge on any atom is 0.253 e. The van der Waals surface area contributed by atoms with E-state index in [4.69, 9.17) is 0 Å². The van der Waals surface area contributed by atoms with Crippen molar-refractivity contribution in [1.29, 1.82) is 0 Å². The number of nitrogens with zero attached hydrogens (tertiary/aromatic N) is 4. The summed E-state index contributed by atoms with van der Waals surface area (Å²) < 4.78 is 29.3. The van der Waals surface area contributed by atoms with Gasteiger partial charge in [-0.25, -0.2) is 8.78 Å². The van der Waals surface area contributed by atoms with E-state index in [1.807, 2.05) is 58.7 Å². The van der Waals surface area contributed by atoms with Gasteiger partial charge < -0.3 is 4.90 Å². The number of aromatic nitrogens is 2. The molecule has 1 aromatic heterocycles. The van der Waals surface area contributed by atoms with E-state index in [1.165, 1.54) is 6.07 Å². The van der Waals surface area contributed by atoms with Crippen molar-refractivity contribution < 1.29 is 13.6 Å². The van der Waals surface area contributed by atoms with Crippen molar-refractivity contribution in [3.05, 3.63) is 88.2 Å². The Kier molecular flexibility index (Phi) is 6.13. The topological polar surface area (TPSA) is 41.4 Å². The zero-order chi connectivity index (χ0) is 22.0. The highest BCUT2D eigenvalue weighted by atomic mass is 19.2. The van der Waals surface area contributed by atoms with Crippen LogP contribution in [0.1, 0.15) is 32.9 Å². The zero-order valence-electron chi connectivity index (χ0n) is 17.8. The highest BCUT2D eigenvalue weighted by molar-refractivity contribution is 5.94. The molecule has 31 heavy (non-hydrogen) atoms. The minimum Gasteiger partial charge on any atom is -0.336 e. The summed E-state index contributed by atoms with van der Waals surface area (Å²) in [6.07, 6.45) is 0. The zero-order valence-corrected chi connectivity index (χ0v) is 17.8. The highest BCUT2D eigenvalue weighted by Gasteiger charge is 2.23. The summed E-state index contributed by atoms with van der Waals surface area (Å²) in [7, 11) is 0. The molecule has 0 unspecified atom stereocenters. The Labute approximate surface area is 180 Å². The minimum absolute atomic E-state index is 0.00759. The second-order valence-electron chi connectivity index (χ2n) is 8.07. The first-order chi connectivity index (χ1) is 14.9. The van der Waals surface area contributed by atoms with Gasteiger partial charge in [-0.3, -0.25) is 14.4 Å². The first kappa shape index (κ1) is 21.2. The van der Waals surface area contributed by atoms with Crippen LogP contribution in [-0.4, -0.2) is 51.7 Å². The summed E-state index contributed by atoms with van der Waals surface area (Å²) in [5.74, 6) is -1.63. The fourth-order valence-electron chi connectivity index (χ4n) is 4.01. The molecule has 1 amide bonds. The van der Waals surface area contributed by atoms with E-state index in [0.717, 1.165) is 23.0 Å². The number of halogens is 2. The number of hydrogen-bond acceptors (Lipinski definition) is 3. The van der Waals surface area contributed by atoms with Crippen LogP contribution in [0.2, 0.25) is 0 Å². The quantitative estimate of drug-likeness (QED) is 0.626. The molecule has 1 aliphatic rings.